The molecule has 0 spiro atoms. The minimum atomic E-state index is 0.0528. The molecule has 0 saturated heterocycles. The van der Waals surface area contributed by atoms with Crippen molar-refractivity contribution in [2.45, 2.75) is 59.0 Å². The zero-order valence-corrected chi connectivity index (χ0v) is 22.6. The Labute approximate surface area is 222 Å². The fourth-order valence-electron chi connectivity index (χ4n) is 5.72. The van der Waals surface area contributed by atoms with Gasteiger partial charge >= 0.3 is 0 Å². The van der Waals surface area contributed by atoms with Gasteiger partial charge in [0.2, 0.25) is 0 Å². The third kappa shape index (κ3) is 4.81. The molecule has 1 aliphatic rings. The van der Waals surface area contributed by atoms with Gasteiger partial charge in [0.05, 0.1) is 0 Å². The second-order valence-electron chi connectivity index (χ2n) is 9.99. The standard InChI is InChI=1S/C35H38N2/c1-5-35(6-2)33-25-29(11-9-27-17-21-36(7-3)22-18-27)13-15-31(33)32-16-14-30(26-34(32)35)12-10-28-19-23-37(8-4)24-20-28/h9-26H,5-8H2,1-4H3/q+2/b11-9+,12-10+. The van der Waals surface area contributed by atoms with Crippen LogP contribution in [0.15, 0.2) is 85.5 Å². The molecule has 0 bridgehead atoms. The van der Waals surface area contributed by atoms with Gasteiger partial charge in [-0.15, -0.1) is 0 Å². The summed E-state index contributed by atoms with van der Waals surface area (Å²) in [5.74, 6) is 0. The normalized spacial score (nSPS) is 13.8. The van der Waals surface area contributed by atoms with E-state index >= 15 is 0 Å². The van der Waals surface area contributed by atoms with Crippen LogP contribution >= 0.6 is 0 Å². The van der Waals surface area contributed by atoms with Crippen molar-refractivity contribution in [1.29, 1.82) is 0 Å². The molecule has 2 heterocycles. The smallest absolute Gasteiger partial charge is 0.169 e. The van der Waals surface area contributed by atoms with Crippen molar-refractivity contribution in [3.63, 3.8) is 0 Å². The summed E-state index contributed by atoms with van der Waals surface area (Å²) in [4.78, 5) is 0. The summed E-state index contributed by atoms with van der Waals surface area (Å²) in [6.07, 6.45) is 19.7. The number of nitrogens with zero attached hydrogens (tertiary/aromatic N) is 2. The van der Waals surface area contributed by atoms with E-state index in [4.69, 9.17) is 0 Å². The highest BCUT2D eigenvalue weighted by Gasteiger charge is 2.40. The average Bonchev–Trinajstić information content (AvgIpc) is 3.24. The van der Waals surface area contributed by atoms with Gasteiger partial charge in [-0.05, 0) is 71.2 Å². The van der Waals surface area contributed by atoms with Gasteiger partial charge in [-0.2, -0.15) is 0 Å². The Morgan fingerprint density at radius 3 is 1.24 bits per heavy atom. The van der Waals surface area contributed by atoms with Crippen molar-refractivity contribution in [2.24, 2.45) is 0 Å². The van der Waals surface area contributed by atoms with Crippen molar-refractivity contribution in [2.75, 3.05) is 0 Å². The predicted molar refractivity (Wildman–Crippen MR) is 156 cm³/mol. The highest BCUT2D eigenvalue weighted by atomic mass is 14.9. The summed E-state index contributed by atoms with van der Waals surface area (Å²) in [5.41, 5.74) is 10.8. The van der Waals surface area contributed by atoms with Crippen LogP contribution in [-0.2, 0) is 18.5 Å². The fraction of sp³-hybridized carbons (Fsp3) is 0.257. The van der Waals surface area contributed by atoms with Crippen LogP contribution in [0.25, 0.3) is 35.4 Å². The van der Waals surface area contributed by atoms with Crippen LogP contribution in [0.2, 0.25) is 0 Å². The number of hydrogen-bond acceptors (Lipinski definition) is 0. The lowest BCUT2D eigenvalue weighted by Gasteiger charge is -2.30. The number of hydrogen-bond donors (Lipinski definition) is 0. The number of benzene rings is 2. The van der Waals surface area contributed by atoms with Crippen LogP contribution in [0.4, 0.5) is 0 Å². The van der Waals surface area contributed by atoms with E-state index in [0.717, 1.165) is 25.9 Å². The van der Waals surface area contributed by atoms with Crippen molar-refractivity contribution in [3.05, 3.63) is 119 Å². The van der Waals surface area contributed by atoms with Crippen molar-refractivity contribution >= 4 is 24.3 Å². The van der Waals surface area contributed by atoms with E-state index in [1.165, 1.54) is 44.5 Å². The van der Waals surface area contributed by atoms with Crippen LogP contribution in [0.3, 0.4) is 0 Å². The highest BCUT2D eigenvalue weighted by Crippen LogP contribution is 2.53. The minimum Gasteiger partial charge on any atom is -0.205 e. The summed E-state index contributed by atoms with van der Waals surface area (Å²) in [6, 6.07) is 22.8. The van der Waals surface area contributed by atoms with E-state index in [9.17, 15) is 0 Å². The molecule has 1 aliphatic carbocycles. The van der Waals surface area contributed by atoms with Crippen LogP contribution < -0.4 is 9.13 Å². The Morgan fingerprint density at radius 1 is 0.514 bits per heavy atom. The lowest BCUT2D eigenvalue weighted by Crippen LogP contribution is -2.30. The molecular weight excluding hydrogens is 448 g/mol. The number of fused-ring (bicyclic) bond motifs is 3. The zero-order valence-electron chi connectivity index (χ0n) is 22.6. The first-order chi connectivity index (χ1) is 18.1. The third-order valence-electron chi connectivity index (χ3n) is 8.12. The van der Waals surface area contributed by atoms with Crippen molar-refractivity contribution < 1.29 is 9.13 Å². The molecule has 2 aromatic heterocycles. The molecule has 0 unspecified atom stereocenters. The molecule has 186 valence electrons. The average molecular weight is 487 g/mol. The minimum absolute atomic E-state index is 0.0528. The van der Waals surface area contributed by atoms with Crippen LogP contribution in [-0.4, -0.2) is 0 Å². The van der Waals surface area contributed by atoms with Gasteiger partial charge in [0.15, 0.2) is 24.8 Å². The van der Waals surface area contributed by atoms with E-state index in [2.05, 4.69) is 147 Å². The maximum atomic E-state index is 2.43. The van der Waals surface area contributed by atoms with E-state index in [1.807, 2.05) is 0 Å². The molecule has 2 nitrogen and oxygen atoms in total. The second-order valence-corrected chi connectivity index (χ2v) is 9.99. The van der Waals surface area contributed by atoms with Gasteiger partial charge in [0.25, 0.3) is 0 Å². The number of aryl methyl sites for hydroxylation is 2. The van der Waals surface area contributed by atoms with E-state index < -0.39 is 0 Å². The lowest BCUT2D eigenvalue weighted by molar-refractivity contribution is -0.693. The topological polar surface area (TPSA) is 7.76 Å². The summed E-state index contributed by atoms with van der Waals surface area (Å²) in [5, 5.41) is 0. The third-order valence-corrected chi connectivity index (χ3v) is 8.12. The van der Waals surface area contributed by atoms with Gasteiger partial charge in [-0.25, -0.2) is 9.13 Å². The maximum absolute atomic E-state index is 2.43. The summed E-state index contributed by atoms with van der Waals surface area (Å²) >= 11 is 0. The molecule has 0 fully saturated rings. The first-order valence-electron chi connectivity index (χ1n) is 13.7. The monoisotopic (exact) mass is 486 g/mol. The van der Waals surface area contributed by atoms with Gasteiger partial charge in [-0.3, -0.25) is 0 Å². The molecule has 0 N–H and O–H groups in total. The van der Waals surface area contributed by atoms with Crippen molar-refractivity contribution in [3.8, 4) is 11.1 Å². The van der Waals surface area contributed by atoms with E-state index in [0.29, 0.717) is 0 Å². The second kappa shape index (κ2) is 10.7. The van der Waals surface area contributed by atoms with Gasteiger partial charge in [-0.1, -0.05) is 74.5 Å². The molecule has 37 heavy (non-hydrogen) atoms. The Hall–Kier alpha value is -3.78. The Kier molecular flexibility index (Phi) is 7.19. The zero-order chi connectivity index (χ0) is 25.8. The predicted octanol–water partition coefficient (Wildman–Crippen LogP) is 7.73. The highest BCUT2D eigenvalue weighted by molar-refractivity contribution is 5.85. The molecule has 2 heteroatoms. The maximum Gasteiger partial charge on any atom is 0.169 e. The molecule has 0 radical (unpaired) electrons. The number of pyridine rings is 2. The summed E-state index contributed by atoms with van der Waals surface area (Å²) < 4.78 is 4.37. The number of rotatable bonds is 8. The summed E-state index contributed by atoms with van der Waals surface area (Å²) in [7, 11) is 0. The molecule has 4 aromatic rings. The van der Waals surface area contributed by atoms with Crippen LogP contribution in [0.5, 0.6) is 0 Å². The van der Waals surface area contributed by atoms with E-state index in [-0.39, 0.29) is 5.41 Å². The molecule has 0 saturated carbocycles. The molecule has 2 aromatic carbocycles. The van der Waals surface area contributed by atoms with Gasteiger partial charge in [0, 0.05) is 29.7 Å². The molecule has 0 atom stereocenters. The quantitative estimate of drug-likeness (QED) is 0.225. The van der Waals surface area contributed by atoms with Crippen molar-refractivity contribution in [1.82, 2.24) is 0 Å². The molecule has 5 rings (SSSR count). The Morgan fingerprint density at radius 2 is 0.892 bits per heavy atom. The number of aromatic nitrogens is 2. The Balaban J connectivity index is 1.46. The van der Waals surface area contributed by atoms with Crippen LogP contribution in [0, 0.1) is 0 Å². The molecule has 0 amide bonds. The first-order valence-corrected chi connectivity index (χ1v) is 13.7. The van der Waals surface area contributed by atoms with Crippen LogP contribution in [0.1, 0.15) is 73.9 Å². The SMILES string of the molecule is CC[n+]1ccc(/C=C/c2ccc3c(c2)C(CC)(CC)c2cc(/C=C/c4cc[n+](CC)cc4)ccc2-3)cc1. The molecular formula is C35H38N2+2. The molecule has 0 aliphatic heterocycles. The first kappa shape index (κ1) is 24.9. The lowest BCUT2D eigenvalue weighted by atomic mass is 9.73. The fourth-order valence-corrected chi connectivity index (χ4v) is 5.72. The van der Waals surface area contributed by atoms with Gasteiger partial charge < -0.3 is 0 Å². The van der Waals surface area contributed by atoms with Gasteiger partial charge in [0.1, 0.15) is 13.1 Å². The largest absolute Gasteiger partial charge is 0.205 e. The Bertz CT molecular complexity index is 1330. The van der Waals surface area contributed by atoms with E-state index in [1.54, 1.807) is 0 Å². The summed E-state index contributed by atoms with van der Waals surface area (Å²) in [6.45, 7) is 11.0.